The number of aryl methyl sites for hydroxylation is 1. The van der Waals surface area contributed by atoms with E-state index in [2.05, 4.69) is 20.6 Å². The summed E-state index contributed by atoms with van der Waals surface area (Å²) in [4.78, 5) is 8.65. The van der Waals surface area contributed by atoms with Crippen molar-refractivity contribution in [3.63, 3.8) is 0 Å². The third-order valence-electron chi connectivity index (χ3n) is 4.50. The highest BCUT2D eigenvalue weighted by Crippen LogP contribution is 2.35. The van der Waals surface area contributed by atoms with Crippen LogP contribution in [0.4, 0.5) is 21.6 Å². The first-order valence-corrected chi connectivity index (χ1v) is 11.8. The molecule has 0 aliphatic heterocycles. The summed E-state index contributed by atoms with van der Waals surface area (Å²) in [5.41, 5.74) is 8.98. The van der Waals surface area contributed by atoms with Crippen molar-refractivity contribution in [2.75, 3.05) is 37.7 Å². The van der Waals surface area contributed by atoms with E-state index in [4.69, 9.17) is 10.5 Å². The highest BCUT2D eigenvalue weighted by molar-refractivity contribution is 7.97. The third kappa shape index (κ3) is 6.97. The predicted molar refractivity (Wildman–Crippen MR) is 131 cm³/mol. The van der Waals surface area contributed by atoms with Crippen LogP contribution in [0.2, 0.25) is 0 Å². The van der Waals surface area contributed by atoms with E-state index >= 15 is 0 Å². The van der Waals surface area contributed by atoms with Crippen molar-refractivity contribution in [3.05, 3.63) is 48.0 Å². The number of fused-ring (bicyclic) bond motifs is 1. The summed E-state index contributed by atoms with van der Waals surface area (Å²) >= 11 is 1.75. The van der Waals surface area contributed by atoms with Crippen LogP contribution in [0.3, 0.4) is 0 Å². The molecule has 6 nitrogen and oxygen atoms in total. The Bertz CT molecular complexity index is 980. The van der Waals surface area contributed by atoms with Crippen LogP contribution in [0.1, 0.15) is 24.8 Å². The second-order valence-corrected chi connectivity index (χ2v) is 8.12. The number of nitrogens with two attached hydrogens (primary N) is 1. The number of rotatable bonds is 4. The van der Waals surface area contributed by atoms with E-state index < -0.39 is 0 Å². The van der Waals surface area contributed by atoms with E-state index in [0.717, 1.165) is 35.7 Å². The van der Waals surface area contributed by atoms with Gasteiger partial charge in [-0.1, -0.05) is 0 Å². The maximum atomic E-state index is 13.7. The molecule has 4 N–H and O–H groups in total. The van der Waals surface area contributed by atoms with Gasteiger partial charge in [0.1, 0.15) is 23.7 Å². The van der Waals surface area contributed by atoms with Crippen LogP contribution >= 0.6 is 11.8 Å². The molecular formula is C23H32FN5OS. The molecule has 0 saturated heterocycles. The standard InChI is InChI=1S/C19H19FN4O.C2H7N.C2H6S/c1-11-7-13(21)9-16-18(11)19(23-10-22-16)24-15-6-5-12(20)8-17(15)25-14-3-2-4-14;2*1-3-2/h5-10,14H,2-4,21H2,1H3,(H,22,23,24);3H,1-2H3;1-2H3. The molecule has 0 radical (unpaired) electrons. The molecule has 0 spiro atoms. The van der Waals surface area contributed by atoms with Gasteiger partial charge in [-0.2, -0.15) is 11.8 Å². The molecule has 1 heterocycles. The Morgan fingerprint density at radius 2 is 1.81 bits per heavy atom. The summed E-state index contributed by atoms with van der Waals surface area (Å²) in [6.45, 7) is 1.96. The van der Waals surface area contributed by atoms with Crippen LogP contribution in [0.25, 0.3) is 10.9 Å². The fraction of sp³-hybridized carbons (Fsp3) is 0.391. The molecule has 2 aromatic carbocycles. The van der Waals surface area contributed by atoms with Crippen LogP contribution in [0.15, 0.2) is 36.7 Å². The van der Waals surface area contributed by atoms with E-state index in [0.29, 0.717) is 22.9 Å². The van der Waals surface area contributed by atoms with Crippen molar-refractivity contribution >= 4 is 39.9 Å². The predicted octanol–water partition coefficient (Wildman–Crippen LogP) is 5.15. The van der Waals surface area contributed by atoms with E-state index in [9.17, 15) is 4.39 Å². The van der Waals surface area contributed by atoms with Crippen molar-refractivity contribution < 1.29 is 9.13 Å². The van der Waals surface area contributed by atoms with Gasteiger partial charge in [-0.25, -0.2) is 14.4 Å². The molecule has 0 amide bonds. The normalized spacial score (nSPS) is 12.7. The van der Waals surface area contributed by atoms with Gasteiger partial charge < -0.3 is 21.1 Å². The number of hydrogen-bond acceptors (Lipinski definition) is 7. The number of thioether (sulfide) groups is 1. The Morgan fingerprint density at radius 3 is 2.42 bits per heavy atom. The number of nitrogens with zero attached hydrogens (tertiary/aromatic N) is 2. The lowest BCUT2D eigenvalue weighted by atomic mass is 9.96. The summed E-state index contributed by atoms with van der Waals surface area (Å²) < 4.78 is 19.6. The SMILES string of the molecule is CNC.CSC.Cc1cc(N)cc2ncnc(Nc3ccc(F)cc3OC3CCC3)c12. The first-order valence-electron chi connectivity index (χ1n) is 10.2. The Kier molecular flexibility index (Phi) is 9.81. The molecular weight excluding hydrogens is 413 g/mol. The highest BCUT2D eigenvalue weighted by atomic mass is 32.2. The van der Waals surface area contributed by atoms with Gasteiger partial charge in [0.25, 0.3) is 0 Å². The number of anilines is 3. The van der Waals surface area contributed by atoms with Crippen LogP contribution in [0, 0.1) is 12.7 Å². The third-order valence-corrected chi connectivity index (χ3v) is 4.50. The second-order valence-electron chi connectivity index (χ2n) is 7.30. The Balaban J connectivity index is 0.000000513. The smallest absolute Gasteiger partial charge is 0.146 e. The molecule has 1 aliphatic rings. The van der Waals surface area contributed by atoms with Gasteiger partial charge in [0.05, 0.1) is 17.3 Å². The summed E-state index contributed by atoms with van der Waals surface area (Å²) in [5.74, 6) is 0.827. The molecule has 0 atom stereocenters. The summed E-state index contributed by atoms with van der Waals surface area (Å²) in [7, 11) is 3.75. The summed E-state index contributed by atoms with van der Waals surface area (Å²) in [6.07, 6.45) is 8.89. The molecule has 31 heavy (non-hydrogen) atoms. The van der Waals surface area contributed by atoms with Gasteiger partial charge in [-0.3, -0.25) is 0 Å². The van der Waals surface area contributed by atoms with E-state index in [1.54, 1.807) is 17.8 Å². The quantitative estimate of drug-likeness (QED) is 0.479. The van der Waals surface area contributed by atoms with Gasteiger partial charge in [-0.05, 0) is 82.6 Å². The number of hydrogen-bond donors (Lipinski definition) is 3. The van der Waals surface area contributed by atoms with Crippen molar-refractivity contribution in [1.29, 1.82) is 0 Å². The second kappa shape index (κ2) is 12.3. The number of benzene rings is 2. The molecule has 8 heteroatoms. The molecule has 168 valence electrons. The monoisotopic (exact) mass is 445 g/mol. The van der Waals surface area contributed by atoms with Gasteiger partial charge in [-0.15, -0.1) is 0 Å². The van der Waals surface area contributed by atoms with Crippen molar-refractivity contribution in [2.45, 2.75) is 32.3 Å². The first-order chi connectivity index (χ1) is 14.9. The minimum atomic E-state index is -0.323. The van der Waals surface area contributed by atoms with Crippen LogP contribution in [-0.2, 0) is 0 Å². The lowest BCUT2D eigenvalue weighted by Crippen LogP contribution is -2.25. The van der Waals surface area contributed by atoms with Crippen molar-refractivity contribution in [1.82, 2.24) is 15.3 Å². The molecule has 1 aromatic heterocycles. The molecule has 1 aliphatic carbocycles. The summed E-state index contributed by atoms with van der Waals surface area (Å²) in [5, 5.41) is 6.91. The maximum absolute atomic E-state index is 13.7. The zero-order valence-corrected chi connectivity index (χ0v) is 19.6. The average molecular weight is 446 g/mol. The molecule has 0 unspecified atom stereocenters. The largest absolute Gasteiger partial charge is 0.488 e. The fourth-order valence-corrected chi connectivity index (χ4v) is 3.01. The Hall–Kier alpha value is -2.58. The number of halogens is 1. The van der Waals surface area contributed by atoms with Gasteiger partial charge in [0.15, 0.2) is 0 Å². The average Bonchev–Trinajstić information content (AvgIpc) is 2.67. The number of aromatic nitrogens is 2. The van der Waals surface area contributed by atoms with Crippen LogP contribution in [-0.4, -0.2) is 42.7 Å². The van der Waals surface area contributed by atoms with Crippen LogP contribution < -0.4 is 21.1 Å². The number of nitrogen functional groups attached to an aromatic ring is 1. The Labute approximate surface area is 188 Å². The topological polar surface area (TPSA) is 85.1 Å². The number of ether oxygens (including phenoxy) is 1. The van der Waals surface area contributed by atoms with Gasteiger partial charge in [0, 0.05) is 17.1 Å². The zero-order chi connectivity index (χ0) is 22.8. The Morgan fingerprint density at radius 1 is 1.13 bits per heavy atom. The lowest BCUT2D eigenvalue weighted by Gasteiger charge is -2.27. The minimum Gasteiger partial charge on any atom is -0.488 e. The molecule has 1 fully saturated rings. The summed E-state index contributed by atoms with van der Waals surface area (Å²) in [6, 6.07) is 8.18. The van der Waals surface area contributed by atoms with Crippen molar-refractivity contribution in [3.8, 4) is 5.75 Å². The van der Waals surface area contributed by atoms with E-state index in [-0.39, 0.29) is 11.9 Å². The lowest BCUT2D eigenvalue weighted by molar-refractivity contribution is 0.121. The first kappa shape index (κ1) is 24.7. The minimum absolute atomic E-state index is 0.158. The molecule has 4 rings (SSSR count). The highest BCUT2D eigenvalue weighted by Gasteiger charge is 2.21. The molecule has 3 aromatic rings. The van der Waals surface area contributed by atoms with Crippen LogP contribution in [0.5, 0.6) is 5.75 Å². The fourth-order valence-electron chi connectivity index (χ4n) is 3.01. The molecule has 0 bridgehead atoms. The van der Waals surface area contributed by atoms with E-state index in [1.165, 1.54) is 18.5 Å². The molecule has 1 saturated carbocycles. The number of nitrogens with one attached hydrogen (secondary N) is 2. The van der Waals surface area contributed by atoms with Gasteiger partial charge in [0.2, 0.25) is 0 Å². The zero-order valence-electron chi connectivity index (χ0n) is 18.8. The van der Waals surface area contributed by atoms with Gasteiger partial charge >= 0.3 is 0 Å². The van der Waals surface area contributed by atoms with E-state index in [1.807, 2.05) is 45.7 Å². The maximum Gasteiger partial charge on any atom is 0.146 e. The van der Waals surface area contributed by atoms with Crippen molar-refractivity contribution in [2.24, 2.45) is 0 Å².